The number of carbonyl (C=O) groups is 2. The zero-order chi connectivity index (χ0) is 15.4. The Morgan fingerprint density at radius 2 is 2.24 bits per heavy atom. The molecule has 0 atom stereocenters. The number of nitrogens with zero attached hydrogens (tertiary/aromatic N) is 1. The van der Waals surface area contributed by atoms with Crippen LogP contribution in [-0.4, -0.2) is 24.0 Å². The SMILES string of the molecule is COC(=O)c1ccc(F)cc1NC(=O)c1csc(CN)n1. The Labute approximate surface area is 123 Å². The average molecular weight is 309 g/mol. The van der Waals surface area contributed by atoms with Crippen LogP contribution in [0.4, 0.5) is 10.1 Å². The lowest BCUT2D eigenvalue weighted by Gasteiger charge is -2.08. The molecule has 1 amide bonds. The number of aromatic nitrogens is 1. The minimum Gasteiger partial charge on any atom is -0.465 e. The Morgan fingerprint density at radius 3 is 2.86 bits per heavy atom. The van der Waals surface area contributed by atoms with Crippen molar-refractivity contribution in [2.75, 3.05) is 12.4 Å². The van der Waals surface area contributed by atoms with Gasteiger partial charge in [0.2, 0.25) is 0 Å². The number of esters is 1. The molecule has 21 heavy (non-hydrogen) atoms. The van der Waals surface area contributed by atoms with Crippen molar-refractivity contribution >= 4 is 28.9 Å². The van der Waals surface area contributed by atoms with E-state index in [4.69, 9.17) is 5.73 Å². The number of hydrogen-bond donors (Lipinski definition) is 2. The standard InChI is InChI=1S/C13H12FN3O3S/c1-20-13(19)8-3-2-7(14)4-9(8)17-12(18)10-6-21-11(5-15)16-10/h2-4,6H,5,15H2,1H3,(H,17,18). The molecule has 8 heteroatoms. The highest BCUT2D eigenvalue weighted by Crippen LogP contribution is 2.19. The first-order valence-electron chi connectivity index (χ1n) is 5.89. The molecule has 1 heterocycles. The summed E-state index contributed by atoms with van der Waals surface area (Å²) in [6.07, 6.45) is 0. The van der Waals surface area contributed by atoms with Crippen LogP contribution in [0.3, 0.4) is 0 Å². The molecule has 1 aromatic heterocycles. The number of rotatable bonds is 4. The molecule has 0 saturated carbocycles. The third kappa shape index (κ3) is 3.41. The van der Waals surface area contributed by atoms with E-state index in [0.717, 1.165) is 12.1 Å². The summed E-state index contributed by atoms with van der Waals surface area (Å²) in [4.78, 5) is 27.6. The monoisotopic (exact) mass is 309 g/mol. The van der Waals surface area contributed by atoms with Gasteiger partial charge in [-0.1, -0.05) is 0 Å². The van der Waals surface area contributed by atoms with Crippen molar-refractivity contribution in [2.24, 2.45) is 5.73 Å². The summed E-state index contributed by atoms with van der Waals surface area (Å²) in [7, 11) is 1.20. The van der Waals surface area contributed by atoms with E-state index in [9.17, 15) is 14.0 Å². The molecule has 2 rings (SSSR count). The van der Waals surface area contributed by atoms with E-state index in [-0.39, 0.29) is 23.5 Å². The first-order valence-corrected chi connectivity index (χ1v) is 6.76. The second kappa shape index (κ2) is 6.42. The van der Waals surface area contributed by atoms with E-state index in [1.54, 1.807) is 0 Å². The summed E-state index contributed by atoms with van der Waals surface area (Å²) < 4.78 is 17.9. The molecule has 0 unspecified atom stereocenters. The summed E-state index contributed by atoms with van der Waals surface area (Å²) in [5, 5.41) is 4.58. The highest BCUT2D eigenvalue weighted by molar-refractivity contribution is 7.09. The Kier molecular flexibility index (Phi) is 4.61. The Hall–Kier alpha value is -2.32. The van der Waals surface area contributed by atoms with E-state index < -0.39 is 17.7 Å². The van der Waals surface area contributed by atoms with Gasteiger partial charge in [0.1, 0.15) is 16.5 Å². The number of carbonyl (C=O) groups excluding carboxylic acids is 2. The van der Waals surface area contributed by atoms with Gasteiger partial charge in [-0.25, -0.2) is 14.2 Å². The maximum Gasteiger partial charge on any atom is 0.339 e. The van der Waals surface area contributed by atoms with Gasteiger partial charge in [-0.3, -0.25) is 4.79 Å². The third-order valence-electron chi connectivity index (χ3n) is 2.59. The number of thiazole rings is 1. The zero-order valence-electron chi connectivity index (χ0n) is 11.1. The van der Waals surface area contributed by atoms with Crippen LogP contribution in [-0.2, 0) is 11.3 Å². The fraction of sp³-hybridized carbons (Fsp3) is 0.154. The molecule has 1 aromatic carbocycles. The van der Waals surface area contributed by atoms with Gasteiger partial charge in [0, 0.05) is 11.9 Å². The lowest BCUT2D eigenvalue weighted by atomic mass is 10.1. The minimum atomic E-state index is -0.675. The van der Waals surface area contributed by atoms with Crippen LogP contribution in [0.5, 0.6) is 0 Å². The van der Waals surface area contributed by atoms with Crippen LogP contribution in [0.25, 0.3) is 0 Å². The fourth-order valence-corrected chi connectivity index (χ4v) is 2.26. The number of nitrogens with two attached hydrogens (primary N) is 1. The van der Waals surface area contributed by atoms with Gasteiger partial charge in [0.05, 0.1) is 18.4 Å². The predicted octanol–water partition coefficient (Wildman–Crippen LogP) is 1.78. The van der Waals surface area contributed by atoms with Crippen molar-refractivity contribution in [3.05, 3.63) is 45.7 Å². The van der Waals surface area contributed by atoms with E-state index in [0.29, 0.717) is 5.01 Å². The van der Waals surface area contributed by atoms with Crippen molar-refractivity contribution in [3.63, 3.8) is 0 Å². The lowest BCUT2D eigenvalue weighted by Crippen LogP contribution is -2.16. The van der Waals surface area contributed by atoms with Gasteiger partial charge in [0.15, 0.2) is 0 Å². The number of benzene rings is 1. The quantitative estimate of drug-likeness (QED) is 0.840. The molecule has 110 valence electrons. The first-order chi connectivity index (χ1) is 10.0. The van der Waals surface area contributed by atoms with Crippen molar-refractivity contribution in [1.29, 1.82) is 0 Å². The van der Waals surface area contributed by atoms with Crippen molar-refractivity contribution < 1.29 is 18.7 Å². The summed E-state index contributed by atoms with van der Waals surface area (Å²) in [5.74, 6) is -1.81. The topological polar surface area (TPSA) is 94.3 Å². The van der Waals surface area contributed by atoms with Crippen LogP contribution < -0.4 is 11.1 Å². The molecule has 0 aliphatic heterocycles. The molecule has 0 bridgehead atoms. The number of ether oxygens (including phenoxy) is 1. The molecule has 6 nitrogen and oxygen atoms in total. The van der Waals surface area contributed by atoms with E-state index in [2.05, 4.69) is 15.0 Å². The van der Waals surface area contributed by atoms with Gasteiger partial charge in [0.25, 0.3) is 5.91 Å². The Bertz CT molecular complexity index is 687. The normalized spacial score (nSPS) is 10.2. The Morgan fingerprint density at radius 1 is 1.48 bits per heavy atom. The van der Waals surface area contributed by atoms with Gasteiger partial charge in [-0.2, -0.15) is 0 Å². The van der Waals surface area contributed by atoms with Crippen molar-refractivity contribution in [3.8, 4) is 0 Å². The largest absolute Gasteiger partial charge is 0.465 e. The van der Waals surface area contributed by atoms with Crippen LogP contribution in [0.2, 0.25) is 0 Å². The predicted molar refractivity (Wildman–Crippen MR) is 75.7 cm³/mol. The summed E-state index contributed by atoms with van der Waals surface area (Å²) in [6, 6.07) is 3.39. The highest BCUT2D eigenvalue weighted by atomic mass is 32.1. The fourth-order valence-electron chi connectivity index (χ4n) is 1.60. The maximum absolute atomic E-state index is 13.3. The molecule has 0 radical (unpaired) electrons. The number of anilines is 1. The molecular weight excluding hydrogens is 297 g/mol. The molecule has 0 aliphatic carbocycles. The highest BCUT2D eigenvalue weighted by Gasteiger charge is 2.17. The van der Waals surface area contributed by atoms with Crippen molar-refractivity contribution in [2.45, 2.75) is 6.54 Å². The van der Waals surface area contributed by atoms with Crippen LogP contribution in [0.1, 0.15) is 25.9 Å². The van der Waals surface area contributed by atoms with Gasteiger partial charge >= 0.3 is 5.97 Å². The summed E-state index contributed by atoms with van der Waals surface area (Å²) in [5.41, 5.74) is 5.66. The second-order valence-corrected chi connectivity index (χ2v) is 4.91. The van der Waals surface area contributed by atoms with Gasteiger partial charge in [-0.15, -0.1) is 11.3 Å². The summed E-state index contributed by atoms with van der Waals surface area (Å²) in [6.45, 7) is 0.228. The van der Waals surface area contributed by atoms with Crippen LogP contribution in [0, 0.1) is 5.82 Å². The number of methoxy groups -OCH3 is 1. The molecule has 2 aromatic rings. The molecule has 0 fully saturated rings. The lowest BCUT2D eigenvalue weighted by molar-refractivity contribution is 0.0602. The number of halogens is 1. The van der Waals surface area contributed by atoms with Gasteiger partial charge in [-0.05, 0) is 18.2 Å². The smallest absolute Gasteiger partial charge is 0.339 e. The first kappa shape index (κ1) is 15.1. The molecule has 0 aliphatic rings. The van der Waals surface area contributed by atoms with E-state index in [1.807, 2.05) is 0 Å². The number of hydrogen-bond acceptors (Lipinski definition) is 6. The molecule has 0 saturated heterocycles. The maximum atomic E-state index is 13.3. The number of nitrogens with one attached hydrogen (secondary N) is 1. The minimum absolute atomic E-state index is 0.0224. The van der Waals surface area contributed by atoms with E-state index in [1.165, 1.54) is 29.9 Å². The zero-order valence-corrected chi connectivity index (χ0v) is 11.9. The molecule has 0 spiro atoms. The average Bonchev–Trinajstić information content (AvgIpc) is 2.95. The van der Waals surface area contributed by atoms with Crippen LogP contribution in [0.15, 0.2) is 23.6 Å². The Balaban J connectivity index is 2.27. The van der Waals surface area contributed by atoms with E-state index >= 15 is 0 Å². The second-order valence-electron chi connectivity index (χ2n) is 3.97. The molecular formula is C13H12FN3O3S. The van der Waals surface area contributed by atoms with Gasteiger partial charge < -0.3 is 15.8 Å². The molecule has 3 N–H and O–H groups in total. The van der Waals surface area contributed by atoms with Crippen molar-refractivity contribution in [1.82, 2.24) is 4.98 Å². The summed E-state index contributed by atoms with van der Waals surface area (Å²) >= 11 is 1.24. The number of amides is 1. The third-order valence-corrected chi connectivity index (χ3v) is 3.47. The van der Waals surface area contributed by atoms with Crippen LogP contribution >= 0.6 is 11.3 Å².